The van der Waals surface area contributed by atoms with Crippen molar-refractivity contribution in [2.45, 2.75) is 6.54 Å². The topological polar surface area (TPSA) is 75.6 Å². The fourth-order valence-electron chi connectivity index (χ4n) is 2.75. The number of rotatable bonds is 5. The first kappa shape index (κ1) is 19.5. The summed E-state index contributed by atoms with van der Waals surface area (Å²) in [5.41, 5.74) is 2.58. The lowest BCUT2D eigenvalue weighted by Crippen LogP contribution is -2.13. The van der Waals surface area contributed by atoms with E-state index >= 15 is 0 Å². The standard InChI is InChI=1S/C20H14Cl3N5O/c21-13-6-4-12(5-7-13)17-10-18(26-25-17)20(29)24-19-8-9-28(27-19)11-14-15(22)2-1-3-16(14)23/h1-10H,11H2,(H,25,26)(H,24,27,29). The van der Waals surface area contributed by atoms with Crippen LogP contribution in [0.2, 0.25) is 15.1 Å². The molecule has 29 heavy (non-hydrogen) atoms. The van der Waals surface area contributed by atoms with Crippen LogP contribution in [0.15, 0.2) is 60.8 Å². The molecule has 0 aliphatic carbocycles. The second-order valence-corrected chi connectivity index (χ2v) is 7.48. The number of hydrogen-bond acceptors (Lipinski definition) is 3. The molecular weight excluding hydrogens is 433 g/mol. The van der Waals surface area contributed by atoms with E-state index in [1.54, 1.807) is 53.3 Å². The number of halogens is 3. The Balaban J connectivity index is 1.45. The van der Waals surface area contributed by atoms with Crippen molar-refractivity contribution >= 4 is 46.5 Å². The zero-order valence-corrected chi connectivity index (χ0v) is 17.1. The van der Waals surface area contributed by atoms with Crippen molar-refractivity contribution in [2.75, 3.05) is 5.32 Å². The van der Waals surface area contributed by atoms with E-state index in [1.165, 1.54) is 0 Å². The molecule has 0 aliphatic rings. The highest BCUT2D eigenvalue weighted by Crippen LogP contribution is 2.25. The van der Waals surface area contributed by atoms with Crippen LogP contribution in [0.1, 0.15) is 16.1 Å². The number of anilines is 1. The summed E-state index contributed by atoms with van der Waals surface area (Å²) >= 11 is 18.3. The predicted molar refractivity (Wildman–Crippen MR) is 115 cm³/mol. The third-order valence-corrected chi connectivity index (χ3v) is 5.19. The van der Waals surface area contributed by atoms with Gasteiger partial charge in [0, 0.05) is 38.5 Å². The maximum Gasteiger partial charge on any atom is 0.274 e. The molecule has 2 heterocycles. The Bertz CT molecular complexity index is 1150. The Labute approximate surface area is 181 Å². The van der Waals surface area contributed by atoms with Gasteiger partial charge in [0.2, 0.25) is 0 Å². The number of hydrogen-bond donors (Lipinski definition) is 2. The number of benzene rings is 2. The quantitative estimate of drug-likeness (QED) is 0.423. The summed E-state index contributed by atoms with van der Waals surface area (Å²) in [4.78, 5) is 12.5. The Hall–Kier alpha value is -2.80. The first-order valence-corrected chi connectivity index (χ1v) is 9.72. The van der Waals surface area contributed by atoms with Gasteiger partial charge in [-0.05, 0) is 30.3 Å². The molecule has 4 aromatic rings. The second kappa shape index (κ2) is 8.29. The molecule has 0 aliphatic heterocycles. The monoisotopic (exact) mass is 445 g/mol. The summed E-state index contributed by atoms with van der Waals surface area (Å²) in [5.74, 6) is 0.0551. The molecule has 2 N–H and O–H groups in total. The molecule has 0 saturated carbocycles. The van der Waals surface area contributed by atoms with Crippen LogP contribution >= 0.6 is 34.8 Å². The van der Waals surface area contributed by atoms with Gasteiger partial charge in [-0.15, -0.1) is 0 Å². The molecule has 0 atom stereocenters. The van der Waals surface area contributed by atoms with Crippen LogP contribution in [0, 0.1) is 0 Å². The first-order chi connectivity index (χ1) is 14.0. The Morgan fingerprint density at radius 1 is 1.03 bits per heavy atom. The van der Waals surface area contributed by atoms with E-state index in [0.717, 1.165) is 11.1 Å². The number of amides is 1. The molecule has 0 unspecified atom stereocenters. The van der Waals surface area contributed by atoms with Crippen molar-refractivity contribution in [3.05, 3.63) is 87.1 Å². The largest absolute Gasteiger partial charge is 0.304 e. The molecular formula is C20H14Cl3N5O. The van der Waals surface area contributed by atoms with Gasteiger partial charge in [-0.3, -0.25) is 14.6 Å². The van der Waals surface area contributed by atoms with E-state index in [9.17, 15) is 4.79 Å². The maximum atomic E-state index is 12.5. The molecule has 6 nitrogen and oxygen atoms in total. The molecule has 0 saturated heterocycles. The van der Waals surface area contributed by atoms with E-state index in [1.807, 2.05) is 12.1 Å². The normalized spacial score (nSPS) is 10.9. The second-order valence-electron chi connectivity index (χ2n) is 6.23. The van der Waals surface area contributed by atoms with Crippen LogP contribution in [0.25, 0.3) is 11.3 Å². The van der Waals surface area contributed by atoms with Crippen molar-refractivity contribution in [3.8, 4) is 11.3 Å². The number of nitrogens with one attached hydrogen (secondary N) is 2. The fourth-order valence-corrected chi connectivity index (χ4v) is 3.39. The SMILES string of the molecule is O=C(Nc1ccn(Cc2c(Cl)cccc2Cl)n1)c1cc(-c2ccc(Cl)cc2)n[nH]1. The predicted octanol–water partition coefficient (Wildman–Crippen LogP) is 5.53. The Morgan fingerprint density at radius 3 is 2.48 bits per heavy atom. The van der Waals surface area contributed by atoms with Crippen LogP contribution < -0.4 is 5.32 Å². The molecule has 9 heteroatoms. The van der Waals surface area contributed by atoms with Crippen LogP contribution in [-0.2, 0) is 6.54 Å². The molecule has 1 amide bonds. The molecule has 2 aromatic carbocycles. The lowest BCUT2D eigenvalue weighted by molar-refractivity contribution is 0.102. The van der Waals surface area contributed by atoms with Gasteiger partial charge in [-0.25, -0.2) is 0 Å². The van der Waals surface area contributed by atoms with Gasteiger partial charge in [-0.2, -0.15) is 10.2 Å². The average Bonchev–Trinajstić information content (AvgIpc) is 3.35. The van der Waals surface area contributed by atoms with Crippen LogP contribution in [0.5, 0.6) is 0 Å². The van der Waals surface area contributed by atoms with Gasteiger partial charge >= 0.3 is 0 Å². The third kappa shape index (κ3) is 4.45. The van der Waals surface area contributed by atoms with E-state index in [2.05, 4.69) is 20.6 Å². The van der Waals surface area contributed by atoms with Gasteiger partial charge in [0.1, 0.15) is 5.69 Å². The highest BCUT2D eigenvalue weighted by atomic mass is 35.5. The highest BCUT2D eigenvalue weighted by molar-refractivity contribution is 6.36. The molecule has 0 spiro atoms. The molecule has 0 radical (unpaired) electrons. The number of carbonyl (C=O) groups is 1. The van der Waals surface area contributed by atoms with Gasteiger partial charge < -0.3 is 5.32 Å². The zero-order chi connectivity index (χ0) is 20.4. The minimum absolute atomic E-state index is 0.318. The average molecular weight is 447 g/mol. The van der Waals surface area contributed by atoms with E-state index in [-0.39, 0.29) is 5.91 Å². The summed E-state index contributed by atoms with van der Waals surface area (Å²) in [6.45, 7) is 0.388. The van der Waals surface area contributed by atoms with Crippen LogP contribution in [0.3, 0.4) is 0 Å². The number of carbonyl (C=O) groups excluding carboxylic acids is 1. The first-order valence-electron chi connectivity index (χ1n) is 8.58. The number of aromatic nitrogens is 4. The third-order valence-electron chi connectivity index (χ3n) is 4.23. The van der Waals surface area contributed by atoms with Gasteiger partial charge in [-0.1, -0.05) is 53.0 Å². The lowest BCUT2D eigenvalue weighted by atomic mass is 10.1. The summed E-state index contributed by atoms with van der Waals surface area (Å²) in [6, 6.07) is 15.9. The van der Waals surface area contributed by atoms with E-state index in [0.29, 0.717) is 38.8 Å². The Morgan fingerprint density at radius 2 is 1.76 bits per heavy atom. The lowest BCUT2D eigenvalue weighted by Gasteiger charge is -2.06. The Kier molecular flexibility index (Phi) is 5.58. The van der Waals surface area contributed by atoms with Crippen molar-refractivity contribution in [3.63, 3.8) is 0 Å². The van der Waals surface area contributed by atoms with Crippen molar-refractivity contribution in [1.82, 2.24) is 20.0 Å². The summed E-state index contributed by atoms with van der Waals surface area (Å²) in [5, 5.41) is 15.8. The number of aromatic amines is 1. The van der Waals surface area contributed by atoms with Crippen molar-refractivity contribution in [2.24, 2.45) is 0 Å². The summed E-state index contributed by atoms with van der Waals surface area (Å²) in [6.07, 6.45) is 1.74. The minimum atomic E-state index is -0.348. The minimum Gasteiger partial charge on any atom is -0.304 e. The van der Waals surface area contributed by atoms with Gasteiger partial charge in [0.25, 0.3) is 5.91 Å². The van der Waals surface area contributed by atoms with Crippen molar-refractivity contribution in [1.29, 1.82) is 0 Å². The van der Waals surface area contributed by atoms with E-state index < -0.39 is 0 Å². The number of nitrogens with zero attached hydrogens (tertiary/aromatic N) is 3. The zero-order valence-electron chi connectivity index (χ0n) is 14.9. The molecule has 0 bridgehead atoms. The molecule has 2 aromatic heterocycles. The maximum absolute atomic E-state index is 12.5. The van der Waals surface area contributed by atoms with Crippen molar-refractivity contribution < 1.29 is 4.79 Å². The highest BCUT2D eigenvalue weighted by Gasteiger charge is 2.13. The van der Waals surface area contributed by atoms with Gasteiger partial charge in [0.15, 0.2) is 5.82 Å². The fraction of sp³-hybridized carbons (Fsp3) is 0.0500. The molecule has 4 rings (SSSR count). The number of H-pyrrole nitrogens is 1. The van der Waals surface area contributed by atoms with Crippen LogP contribution in [-0.4, -0.2) is 25.9 Å². The summed E-state index contributed by atoms with van der Waals surface area (Å²) < 4.78 is 1.65. The summed E-state index contributed by atoms with van der Waals surface area (Å²) in [7, 11) is 0. The molecule has 0 fully saturated rings. The van der Waals surface area contributed by atoms with Crippen LogP contribution in [0.4, 0.5) is 5.82 Å². The van der Waals surface area contributed by atoms with Gasteiger partial charge in [0.05, 0.1) is 12.2 Å². The van der Waals surface area contributed by atoms with E-state index in [4.69, 9.17) is 34.8 Å². The molecule has 146 valence electrons. The smallest absolute Gasteiger partial charge is 0.274 e.